The Balaban J connectivity index is 1.97. The number of amides is 1. The van der Waals surface area contributed by atoms with Crippen LogP contribution in [0.1, 0.15) is 42.6 Å². The Morgan fingerprint density at radius 3 is 2.12 bits per heavy atom. The van der Waals surface area contributed by atoms with Crippen LogP contribution in [0.4, 0.5) is 10.1 Å². The largest absolute Gasteiger partial charge is 0.322 e. The zero-order chi connectivity index (χ0) is 19.3. The Morgan fingerprint density at radius 2 is 1.58 bits per heavy atom. The maximum Gasteiger partial charge on any atom is 0.255 e. The molecule has 2 N–H and O–H groups in total. The zero-order valence-corrected chi connectivity index (χ0v) is 15.8. The normalized spacial score (nSPS) is 12.8. The highest BCUT2D eigenvalue weighted by Crippen LogP contribution is 2.18. The average molecular weight is 377 g/mol. The number of benzene rings is 2. The summed E-state index contributed by atoms with van der Waals surface area (Å²) in [5.74, 6) is -0.728. The van der Waals surface area contributed by atoms with Gasteiger partial charge in [0.2, 0.25) is 10.0 Å². The summed E-state index contributed by atoms with van der Waals surface area (Å²) in [5, 5.41) is 2.27. The first-order chi connectivity index (χ1) is 12.2. The summed E-state index contributed by atoms with van der Waals surface area (Å²) in [6.45, 7) is 5.49. The Bertz CT molecular complexity index is 847. The summed E-state index contributed by atoms with van der Waals surface area (Å²) in [7, 11) is -3.29. The molecule has 140 valence electrons. The van der Waals surface area contributed by atoms with E-state index in [4.69, 9.17) is 0 Å². The molecule has 26 heavy (non-hydrogen) atoms. The minimum Gasteiger partial charge on any atom is -0.322 e. The predicted octanol–water partition coefficient (Wildman–Crippen LogP) is 3.51. The fourth-order valence-corrected chi connectivity index (χ4v) is 3.04. The van der Waals surface area contributed by atoms with Crippen LogP contribution in [0.25, 0.3) is 0 Å². The van der Waals surface area contributed by atoms with E-state index >= 15 is 0 Å². The lowest BCUT2D eigenvalue weighted by molar-refractivity contribution is 0.102. The number of carbonyl (C=O) groups is 1. The van der Waals surface area contributed by atoms with Crippen LogP contribution >= 0.6 is 0 Å². The molecule has 7 heteroatoms. The first-order valence-electron chi connectivity index (χ1n) is 8.34. The Hall–Kier alpha value is -2.25. The second-order valence-corrected chi connectivity index (χ2v) is 8.75. The van der Waals surface area contributed by atoms with Gasteiger partial charge in [-0.1, -0.05) is 19.1 Å². The fraction of sp³-hybridized carbons (Fsp3) is 0.316. The summed E-state index contributed by atoms with van der Waals surface area (Å²) in [4.78, 5) is 12.1. The van der Waals surface area contributed by atoms with E-state index in [9.17, 15) is 17.6 Å². The van der Waals surface area contributed by atoms with Crippen LogP contribution in [0, 0.1) is 5.82 Å². The van der Waals surface area contributed by atoms with E-state index < -0.39 is 21.1 Å². The monoisotopic (exact) mass is 377 g/mol. The van der Waals surface area contributed by atoms with Crippen molar-refractivity contribution in [3.05, 3.63) is 65.5 Å². The molecule has 2 rings (SSSR count). The first-order valence-corrected chi connectivity index (χ1v) is 9.89. The minimum atomic E-state index is -3.29. The molecule has 0 saturated heterocycles. The fourth-order valence-electron chi connectivity index (χ4n) is 2.23. The second-order valence-electron chi connectivity index (χ2n) is 6.43. The van der Waals surface area contributed by atoms with Gasteiger partial charge in [0.05, 0.1) is 5.25 Å². The van der Waals surface area contributed by atoms with Gasteiger partial charge in [0.1, 0.15) is 5.82 Å². The van der Waals surface area contributed by atoms with E-state index in [0.29, 0.717) is 17.8 Å². The van der Waals surface area contributed by atoms with Gasteiger partial charge in [-0.25, -0.2) is 17.5 Å². The van der Waals surface area contributed by atoms with Crippen molar-refractivity contribution in [1.82, 2.24) is 4.72 Å². The number of rotatable bonds is 7. The van der Waals surface area contributed by atoms with Gasteiger partial charge in [0.25, 0.3) is 5.91 Å². The number of carbonyl (C=O) groups excluding carboxylic acids is 1. The van der Waals surface area contributed by atoms with Crippen LogP contribution in [-0.4, -0.2) is 26.1 Å². The Labute approximate surface area is 153 Å². The number of anilines is 1. The van der Waals surface area contributed by atoms with Crippen LogP contribution in [0.2, 0.25) is 0 Å². The van der Waals surface area contributed by atoms with Gasteiger partial charge in [0.15, 0.2) is 0 Å². The zero-order valence-electron chi connectivity index (χ0n) is 15.0. The lowest BCUT2D eigenvalue weighted by atomic mass is 10.0. The number of nitrogens with one attached hydrogen (secondary N) is 2. The van der Waals surface area contributed by atoms with Crippen molar-refractivity contribution in [3.8, 4) is 0 Å². The molecule has 0 aliphatic carbocycles. The molecule has 2 aromatic rings. The molecule has 0 spiro atoms. The van der Waals surface area contributed by atoms with Crippen LogP contribution in [0.15, 0.2) is 48.5 Å². The maximum absolute atomic E-state index is 12.9. The highest BCUT2D eigenvalue weighted by Gasteiger charge is 2.17. The number of halogens is 1. The van der Waals surface area contributed by atoms with E-state index in [1.807, 2.05) is 19.1 Å². The van der Waals surface area contributed by atoms with E-state index in [-0.39, 0.29) is 11.8 Å². The lowest BCUT2D eigenvalue weighted by Gasteiger charge is -2.15. The second kappa shape index (κ2) is 8.42. The van der Waals surface area contributed by atoms with Crippen molar-refractivity contribution in [1.29, 1.82) is 0 Å². The van der Waals surface area contributed by atoms with Crippen molar-refractivity contribution in [3.63, 3.8) is 0 Å². The molecule has 1 atom stereocenters. The van der Waals surface area contributed by atoms with E-state index in [1.54, 1.807) is 26.0 Å². The van der Waals surface area contributed by atoms with E-state index in [1.165, 1.54) is 24.3 Å². The molecule has 0 aliphatic heterocycles. The van der Waals surface area contributed by atoms with Crippen molar-refractivity contribution < 1.29 is 17.6 Å². The minimum absolute atomic E-state index is 0.00891. The molecule has 0 saturated carbocycles. The van der Waals surface area contributed by atoms with Crippen molar-refractivity contribution in [2.75, 3.05) is 11.9 Å². The van der Waals surface area contributed by atoms with Gasteiger partial charge >= 0.3 is 0 Å². The molecule has 0 heterocycles. The molecule has 0 fully saturated rings. The number of hydrogen-bond donors (Lipinski definition) is 2. The lowest BCUT2D eigenvalue weighted by Crippen LogP contribution is -2.33. The standard InChI is InChI=1S/C19H23FN2O3S/c1-13(2)26(24,25)21-12-14(3)15-6-10-18(11-7-15)22-19(23)16-4-8-17(20)9-5-16/h4-11,13-14,21H,12H2,1-3H3,(H,22,23)/i20-1. The topological polar surface area (TPSA) is 75.3 Å². The third-order valence-electron chi connectivity index (χ3n) is 4.06. The van der Waals surface area contributed by atoms with Crippen LogP contribution in [-0.2, 0) is 10.0 Å². The molecule has 5 nitrogen and oxygen atoms in total. The maximum atomic E-state index is 12.9. The van der Waals surface area contributed by atoms with E-state index in [0.717, 1.165) is 5.56 Å². The van der Waals surface area contributed by atoms with Gasteiger partial charge in [0, 0.05) is 17.8 Å². The molecule has 0 aliphatic rings. The van der Waals surface area contributed by atoms with Crippen LogP contribution in [0.3, 0.4) is 0 Å². The van der Waals surface area contributed by atoms with Gasteiger partial charge in [-0.2, -0.15) is 0 Å². The van der Waals surface area contributed by atoms with Crippen molar-refractivity contribution >= 4 is 21.6 Å². The van der Waals surface area contributed by atoms with Gasteiger partial charge in [-0.15, -0.1) is 0 Å². The third-order valence-corrected chi connectivity index (χ3v) is 5.87. The SMILES string of the molecule is CC(CNS(=O)(=O)C(C)C)c1ccc(NC(=O)c2ccc([18F])cc2)cc1. The molecule has 1 unspecified atom stereocenters. The summed E-state index contributed by atoms with van der Waals surface area (Å²) in [6.07, 6.45) is 0. The number of hydrogen-bond acceptors (Lipinski definition) is 3. The summed E-state index contributed by atoms with van der Waals surface area (Å²) in [5.41, 5.74) is 1.93. The van der Waals surface area contributed by atoms with Crippen molar-refractivity contribution in [2.45, 2.75) is 31.9 Å². The molecular formula is C19H23FN2O3S. The first kappa shape index (κ1) is 20.1. The molecule has 2 aromatic carbocycles. The molecule has 1 amide bonds. The molecule has 0 aromatic heterocycles. The quantitative estimate of drug-likeness (QED) is 0.775. The smallest absolute Gasteiger partial charge is 0.255 e. The summed E-state index contributed by atoms with van der Waals surface area (Å²) < 4.78 is 39.1. The summed E-state index contributed by atoms with van der Waals surface area (Å²) >= 11 is 0. The van der Waals surface area contributed by atoms with Crippen LogP contribution < -0.4 is 10.0 Å². The van der Waals surface area contributed by atoms with Gasteiger partial charge in [-0.3, -0.25) is 4.79 Å². The van der Waals surface area contributed by atoms with Crippen molar-refractivity contribution in [2.24, 2.45) is 0 Å². The van der Waals surface area contributed by atoms with Gasteiger partial charge < -0.3 is 5.32 Å². The highest BCUT2D eigenvalue weighted by atomic mass is 32.2. The van der Waals surface area contributed by atoms with Gasteiger partial charge in [-0.05, 0) is 61.7 Å². The predicted molar refractivity (Wildman–Crippen MR) is 101 cm³/mol. The highest BCUT2D eigenvalue weighted by molar-refractivity contribution is 7.90. The number of sulfonamides is 1. The van der Waals surface area contributed by atoms with E-state index in [2.05, 4.69) is 10.0 Å². The molecule has 0 radical (unpaired) electrons. The average Bonchev–Trinajstić information content (AvgIpc) is 2.60. The Morgan fingerprint density at radius 1 is 1.00 bits per heavy atom. The third kappa shape index (κ3) is 5.37. The Kier molecular flexibility index (Phi) is 6.50. The summed E-state index contributed by atoms with van der Waals surface area (Å²) in [6, 6.07) is 12.5. The molecule has 0 bridgehead atoms. The molecular weight excluding hydrogens is 354 g/mol. The van der Waals surface area contributed by atoms with Crippen LogP contribution in [0.5, 0.6) is 0 Å².